The van der Waals surface area contributed by atoms with E-state index in [1.165, 1.54) is 0 Å². The summed E-state index contributed by atoms with van der Waals surface area (Å²) in [4.78, 5) is 10.3. The molecule has 0 aliphatic carbocycles. The standard InChI is InChI=1S/C7H5F9O3/c8-3(9)1-18-4(17)19-2-5(10,11)6(12,13)7(14,15)16/h3H,1-2H2. The van der Waals surface area contributed by atoms with Crippen molar-refractivity contribution in [1.82, 2.24) is 0 Å². The average molecular weight is 308 g/mol. The van der Waals surface area contributed by atoms with E-state index in [0.29, 0.717) is 0 Å². The van der Waals surface area contributed by atoms with Gasteiger partial charge in [-0.15, -0.1) is 0 Å². The molecule has 0 amide bonds. The number of hydrogen-bond acceptors (Lipinski definition) is 3. The molecule has 0 aliphatic heterocycles. The molecule has 0 aromatic heterocycles. The second-order valence-electron chi connectivity index (χ2n) is 3.02. The molecule has 0 aromatic rings. The van der Waals surface area contributed by atoms with E-state index in [4.69, 9.17) is 0 Å². The third-order valence-electron chi connectivity index (χ3n) is 1.51. The minimum absolute atomic E-state index is 1.58. The molecular weight excluding hydrogens is 303 g/mol. The summed E-state index contributed by atoms with van der Waals surface area (Å²) >= 11 is 0. The van der Waals surface area contributed by atoms with Crippen LogP contribution in [0.5, 0.6) is 0 Å². The lowest BCUT2D eigenvalue weighted by Crippen LogP contribution is -2.54. The number of rotatable bonds is 5. The summed E-state index contributed by atoms with van der Waals surface area (Å²) in [6, 6.07) is 0. The van der Waals surface area contributed by atoms with Gasteiger partial charge in [0.05, 0.1) is 0 Å². The van der Waals surface area contributed by atoms with E-state index in [1.807, 2.05) is 0 Å². The van der Waals surface area contributed by atoms with Crippen LogP contribution in [-0.4, -0.2) is 43.8 Å². The average Bonchev–Trinajstić information content (AvgIpc) is 2.21. The minimum Gasteiger partial charge on any atom is -0.428 e. The summed E-state index contributed by atoms with van der Waals surface area (Å²) in [5, 5.41) is 0. The molecule has 0 unspecified atom stereocenters. The maximum Gasteiger partial charge on any atom is 0.508 e. The van der Waals surface area contributed by atoms with Gasteiger partial charge in [0.15, 0.2) is 13.2 Å². The maximum atomic E-state index is 12.5. The van der Waals surface area contributed by atoms with Crippen molar-refractivity contribution in [2.24, 2.45) is 0 Å². The minimum atomic E-state index is -6.58. The van der Waals surface area contributed by atoms with Crippen LogP contribution < -0.4 is 0 Å². The second-order valence-corrected chi connectivity index (χ2v) is 3.02. The Labute approximate surface area is 98.8 Å². The number of carbonyl (C=O) groups is 1. The van der Waals surface area contributed by atoms with Crippen molar-refractivity contribution in [3.63, 3.8) is 0 Å². The highest BCUT2D eigenvalue weighted by Gasteiger charge is 2.73. The Balaban J connectivity index is 4.50. The van der Waals surface area contributed by atoms with Crippen LogP contribution >= 0.6 is 0 Å². The fourth-order valence-corrected chi connectivity index (χ4v) is 0.620. The molecule has 114 valence electrons. The third-order valence-corrected chi connectivity index (χ3v) is 1.51. The summed E-state index contributed by atoms with van der Waals surface area (Å²) in [5.41, 5.74) is 0. The molecule has 0 saturated carbocycles. The van der Waals surface area contributed by atoms with Gasteiger partial charge in [0, 0.05) is 0 Å². The quantitative estimate of drug-likeness (QED) is 0.578. The summed E-state index contributed by atoms with van der Waals surface area (Å²) in [6.07, 6.45) is -12.0. The van der Waals surface area contributed by atoms with Crippen molar-refractivity contribution in [2.75, 3.05) is 13.2 Å². The Hall–Kier alpha value is -1.36. The molecule has 0 atom stereocenters. The van der Waals surface area contributed by atoms with Gasteiger partial charge in [-0.2, -0.15) is 30.7 Å². The van der Waals surface area contributed by atoms with Crippen molar-refractivity contribution in [2.45, 2.75) is 24.4 Å². The van der Waals surface area contributed by atoms with Crippen molar-refractivity contribution in [3.05, 3.63) is 0 Å². The molecule has 0 spiro atoms. The van der Waals surface area contributed by atoms with Crippen LogP contribution in [0.4, 0.5) is 44.3 Å². The van der Waals surface area contributed by atoms with Crippen LogP contribution in [0.2, 0.25) is 0 Å². The summed E-state index contributed by atoms with van der Waals surface area (Å²) in [6.45, 7) is -4.26. The molecule has 0 saturated heterocycles. The van der Waals surface area contributed by atoms with E-state index in [9.17, 15) is 44.3 Å². The fraction of sp³-hybridized carbons (Fsp3) is 0.857. The molecule has 0 heterocycles. The van der Waals surface area contributed by atoms with Crippen LogP contribution in [0.3, 0.4) is 0 Å². The van der Waals surface area contributed by atoms with Gasteiger partial charge in [0.1, 0.15) is 0 Å². The molecule has 0 bridgehead atoms. The Kier molecular flexibility index (Phi) is 5.32. The summed E-state index contributed by atoms with van der Waals surface area (Å²) < 4.78 is 114. The van der Waals surface area contributed by atoms with Gasteiger partial charge in [-0.05, 0) is 0 Å². The first kappa shape index (κ1) is 17.6. The lowest BCUT2D eigenvalue weighted by Gasteiger charge is -2.27. The normalized spacial score (nSPS) is 13.6. The summed E-state index contributed by atoms with van der Waals surface area (Å²) in [7, 11) is 0. The van der Waals surface area contributed by atoms with Crippen molar-refractivity contribution in [1.29, 1.82) is 0 Å². The van der Waals surface area contributed by atoms with E-state index in [0.717, 1.165) is 0 Å². The molecule has 0 radical (unpaired) electrons. The van der Waals surface area contributed by atoms with E-state index < -0.39 is 43.8 Å². The monoisotopic (exact) mass is 308 g/mol. The number of hydrogen-bond donors (Lipinski definition) is 0. The van der Waals surface area contributed by atoms with E-state index in [1.54, 1.807) is 0 Å². The van der Waals surface area contributed by atoms with Gasteiger partial charge in [0.2, 0.25) is 0 Å². The van der Waals surface area contributed by atoms with E-state index in [2.05, 4.69) is 9.47 Å². The first-order valence-electron chi connectivity index (χ1n) is 4.21. The molecule has 0 aromatic carbocycles. The largest absolute Gasteiger partial charge is 0.508 e. The summed E-state index contributed by atoms with van der Waals surface area (Å²) in [5.74, 6) is -12.2. The Morgan fingerprint density at radius 1 is 0.947 bits per heavy atom. The van der Waals surface area contributed by atoms with Crippen molar-refractivity contribution < 1.29 is 53.8 Å². The SMILES string of the molecule is O=C(OCC(F)F)OCC(F)(F)C(F)(F)C(F)(F)F. The highest BCUT2D eigenvalue weighted by atomic mass is 19.4. The van der Waals surface area contributed by atoms with Gasteiger partial charge in [-0.25, -0.2) is 13.6 Å². The van der Waals surface area contributed by atoms with Crippen molar-refractivity contribution in [3.8, 4) is 0 Å². The number of alkyl halides is 9. The highest BCUT2D eigenvalue weighted by Crippen LogP contribution is 2.46. The number of halogens is 9. The molecule has 0 fully saturated rings. The zero-order chi connectivity index (χ0) is 15.5. The Morgan fingerprint density at radius 3 is 1.79 bits per heavy atom. The topological polar surface area (TPSA) is 35.5 Å². The van der Waals surface area contributed by atoms with E-state index >= 15 is 0 Å². The van der Waals surface area contributed by atoms with E-state index in [-0.39, 0.29) is 0 Å². The first-order valence-corrected chi connectivity index (χ1v) is 4.21. The zero-order valence-corrected chi connectivity index (χ0v) is 8.62. The second kappa shape index (κ2) is 5.74. The van der Waals surface area contributed by atoms with Crippen LogP contribution in [0.1, 0.15) is 0 Å². The molecule has 0 rings (SSSR count). The maximum absolute atomic E-state index is 12.5. The lowest BCUT2D eigenvalue weighted by molar-refractivity contribution is -0.359. The zero-order valence-electron chi connectivity index (χ0n) is 8.62. The molecule has 12 heteroatoms. The molecule has 19 heavy (non-hydrogen) atoms. The fourth-order valence-electron chi connectivity index (χ4n) is 0.620. The molecular formula is C7H5F9O3. The predicted molar refractivity (Wildman–Crippen MR) is 39.3 cm³/mol. The predicted octanol–water partition coefficient (Wildman–Crippen LogP) is 3.24. The van der Waals surface area contributed by atoms with Crippen LogP contribution in [0.15, 0.2) is 0 Å². The molecule has 0 aliphatic rings. The Bertz CT molecular complexity index is 311. The number of ether oxygens (including phenoxy) is 2. The van der Waals surface area contributed by atoms with Gasteiger partial charge < -0.3 is 9.47 Å². The van der Waals surface area contributed by atoms with Crippen molar-refractivity contribution >= 4 is 6.16 Å². The van der Waals surface area contributed by atoms with Gasteiger partial charge in [-0.1, -0.05) is 0 Å². The first-order chi connectivity index (χ1) is 8.31. The van der Waals surface area contributed by atoms with Crippen LogP contribution in [0, 0.1) is 0 Å². The smallest absolute Gasteiger partial charge is 0.428 e. The molecule has 0 N–H and O–H groups in total. The molecule has 3 nitrogen and oxygen atoms in total. The van der Waals surface area contributed by atoms with Gasteiger partial charge >= 0.3 is 24.2 Å². The van der Waals surface area contributed by atoms with Gasteiger partial charge in [0.25, 0.3) is 6.43 Å². The highest BCUT2D eigenvalue weighted by molar-refractivity contribution is 5.59. The number of carbonyl (C=O) groups excluding carboxylic acids is 1. The van der Waals surface area contributed by atoms with Gasteiger partial charge in [-0.3, -0.25) is 0 Å². The van der Waals surface area contributed by atoms with Crippen LogP contribution in [0.25, 0.3) is 0 Å². The Morgan fingerprint density at radius 2 is 1.42 bits per heavy atom. The van der Waals surface area contributed by atoms with Crippen LogP contribution in [-0.2, 0) is 9.47 Å². The lowest BCUT2D eigenvalue weighted by atomic mass is 10.2. The third kappa shape index (κ3) is 4.67.